The third-order valence-electron chi connectivity index (χ3n) is 4.64. The number of hydrogen-bond donors (Lipinski definition) is 1. The van der Waals surface area contributed by atoms with Crippen LogP contribution in [-0.2, 0) is 20.9 Å². The maximum Gasteiger partial charge on any atom is 0.410 e. The van der Waals surface area contributed by atoms with Crippen molar-refractivity contribution in [3.63, 3.8) is 0 Å². The molecule has 1 N–H and O–H groups in total. The van der Waals surface area contributed by atoms with E-state index in [-0.39, 0.29) is 30.4 Å². The lowest BCUT2D eigenvalue weighted by atomic mass is 9.83. The van der Waals surface area contributed by atoms with Crippen LogP contribution >= 0.6 is 0 Å². The summed E-state index contributed by atoms with van der Waals surface area (Å²) < 4.78 is 10.2. The predicted molar refractivity (Wildman–Crippen MR) is 86.2 cm³/mol. The van der Waals surface area contributed by atoms with Crippen molar-refractivity contribution in [2.75, 3.05) is 7.11 Å². The number of piperidine rings is 1. The number of hydrogen-bond acceptors (Lipinski definition) is 5. The molecule has 1 aromatic rings. The molecule has 0 spiro atoms. The second-order valence-electron chi connectivity index (χ2n) is 6.10. The van der Waals surface area contributed by atoms with E-state index in [0.29, 0.717) is 6.42 Å². The van der Waals surface area contributed by atoms with Crippen LogP contribution in [0.25, 0.3) is 0 Å². The first-order valence-corrected chi connectivity index (χ1v) is 8.11. The van der Waals surface area contributed by atoms with Crippen LogP contribution in [0.1, 0.15) is 31.2 Å². The first-order valence-electron chi connectivity index (χ1n) is 8.11. The molecule has 1 amide bonds. The van der Waals surface area contributed by atoms with Gasteiger partial charge in [0, 0.05) is 12.5 Å². The third-order valence-corrected chi connectivity index (χ3v) is 4.64. The van der Waals surface area contributed by atoms with Crippen molar-refractivity contribution in [2.45, 2.75) is 44.4 Å². The van der Waals surface area contributed by atoms with Crippen molar-refractivity contribution in [3.8, 4) is 0 Å². The number of ether oxygens (including phenoxy) is 2. The van der Waals surface area contributed by atoms with E-state index in [4.69, 9.17) is 9.47 Å². The number of rotatable bonds is 3. The number of carbonyl (C=O) groups is 2. The summed E-state index contributed by atoms with van der Waals surface area (Å²) in [5.41, 5.74) is 1.09. The first-order chi connectivity index (χ1) is 11.6. The molecule has 2 atom stereocenters. The smallest absolute Gasteiger partial charge is 0.410 e. The van der Waals surface area contributed by atoms with Crippen molar-refractivity contribution >= 4 is 12.1 Å². The molecule has 0 aromatic heterocycles. The van der Waals surface area contributed by atoms with E-state index in [2.05, 4.69) is 0 Å². The Morgan fingerprint density at radius 2 is 2.00 bits per heavy atom. The molecule has 24 heavy (non-hydrogen) atoms. The molecule has 6 heteroatoms. The molecule has 2 heterocycles. The van der Waals surface area contributed by atoms with E-state index in [1.165, 1.54) is 7.11 Å². The van der Waals surface area contributed by atoms with Crippen LogP contribution in [0.15, 0.2) is 41.7 Å². The quantitative estimate of drug-likeness (QED) is 0.862. The maximum atomic E-state index is 12.6. The molecule has 0 aliphatic carbocycles. The van der Waals surface area contributed by atoms with Crippen molar-refractivity contribution in [1.82, 2.24) is 4.90 Å². The molecule has 0 saturated carbocycles. The van der Waals surface area contributed by atoms with Gasteiger partial charge in [0.25, 0.3) is 0 Å². The van der Waals surface area contributed by atoms with Gasteiger partial charge in [-0.2, -0.15) is 0 Å². The van der Waals surface area contributed by atoms with Gasteiger partial charge in [-0.3, -0.25) is 4.90 Å². The molecular weight excluding hydrogens is 310 g/mol. The summed E-state index contributed by atoms with van der Waals surface area (Å²) >= 11 is 0. The van der Waals surface area contributed by atoms with Gasteiger partial charge in [0.2, 0.25) is 0 Å². The van der Waals surface area contributed by atoms with E-state index in [0.717, 1.165) is 18.4 Å². The van der Waals surface area contributed by atoms with E-state index in [9.17, 15) is 14.7 Å². The van der Waals surface area contributed by atoms with Gasteiger partial charge in [0.05, 0.1) is 18.7 Å². The number of nitrogens with zero attached hydrogens (tertiary/aromatic N) is 1. The number of methoxy groups -OCH3 is 1. The summed E-state index contributed by atoms with van der Waals surface area (Å²) in [7, 11) is 1.27. The summed E-state index contributed by atoms with van der Waals surface area (Å²) in [4.78, 5) is 26.2. The van der Waals surface area contributed by atoms with Crippen LogP contribution in [-0.4, -0.2) is 41.3 Å². The minimum absolute atomic E-state index is 0.0312. The number of carbonyl (C=O) groups excluding carboxylic acids is 2. The van der Waals surface area contributed by atoms with Crippen LogP contribution in [0.2, 0.25) is 0 Å². The lowest BCUT2D eigenvalue weighted by molar-refractivity contribution is -0.137. The highest BCUT2D eigenvalue weighted by Crippen LogP contribution is 2.37. The van der Waals surface area contributed by atoms with Gasteiger partial charge in [-0.15, -0.1) is 0 Å². The average Bonchev–Trinajstić information content (AvgIpc) is 2.60. The highest BCUT2D eigenvalue weighted by molar-refractivity contribution is 5.91. The summed E-state index contributed by atoms with van der Waals surface area (Å²) in [6.07, 6.45) is 2.11. The molecule has 1 aromatic carbocycles. The summed E-state index contributed by atoms with van der Waals surface area (Å²) in [6, 6.07) is 8.82. The van der Waals surface area contributed by atoms with Crippen LogP contribution in [0.3, 0.4) is 0 Å². The van der Waals surface area contributed by atoms with Crippen LogP contribution in [0, 0.1) is 0 Å². The van der Waals surface area contributed by atoms with Crippen LogP contribution in [0.4, 0.5) is 4.79 Å². The molecule has 1 fully saturated rings. The van der Waals surface area contributed by atoms with Crippen LogP contribution < -0.4 is 0 Å². The molecule has 3 rings (SSSR count). The average molecular weight is 331 g/mol. The zero-order valence-corrected chi connectivity index (χ0v) is 13.6. The van der Waals surface area contributed by atoms with Gasteiger partial charge in [0.1, 0.15) is 12.4 Å². The second kappa shape index (κ2) is 6.95. The number of benzene rings is 1. The zero-order valence-electron chi connectivity index (χ0n) is 13.6. The minimum atomic E-state index is -0.585. The topological polar surface area (TPSA) is 76.1 Å². The Kier molecular flexibility index (Phi) is 4.74. The lowest BCUT2D eigenvalue weighted by Crippen LogP contribution is -2.55. The predicted octanol–water partition coefficient (Wildman–Crippen LogP) is 2.94. The molecule has 0 unspecified atom stereocenters. The largest absolute Gasteiger partial charge is 0.512 e. The molecule has 2 aliphatic heterocycles. The SMILES string of the molecule is COC(=O)C1=C(O)C[C@H]2CCC[C@@H]1N2C(=O)OCc1ccccc1. The Bertz CT molecular complexity index is 655. The van der Waals surface area contributed by atoms with Gasteiger partial charge >= 0.3 is 12.1 Å². The number of esters is 1. The summed E-state index contributed by atoms with van der Waals surface area (Å²) in [6.45, 7) is 0.179. The van der Waals surface area contributed by atoms with Gasteiger partial charge in [-0.05, 0) is 24.8 Å². The number of amides is 1. The monoisotopic (exact) mass is 331 g/mol. The second-order valence-corrected chi connectivity index (χ2v) is 6.10. The molecule has 0 radical (unpaired) electrons. The van der Waals surface area contributed by atoms with E-state index in [1.807, 2.05) is 30.3 Å². The normalized spacial score (nSPS) is 23.0. The fourth-order valence-electron chi connectivity index (χ4n) is 3.52. The Balaban J connectivity index is 1.77. The van der Waals surface area contributed by atoms with Gasteiger partial charge in [-0.1, -0.05) is 30.3 Å². The Labute approximate surface area is 140 Å². The maximum absolute atomic E-state index is 12.6. The standard InChI is InChI=1S/C18H21NO5/c1-23-17(21)16-14-9-5-8-13(10-15(16)20)19(14)18(22)24-11-12-6-3-2-4-7-12/h2-4,6-7,13-14,20H,5,8-11H2,1H3/t13-,14+/m1/s1. The van der Waals surface area contributed by atoms with Gasteiger partial charge < -0.3 is 14.6 Å². The lowest BCUT2D eigenvalue weighted by Gasteiger charge is -2.45. The molecule has 2 aliphatic rings. The number of fused-ring (bicyclic) bond motifs is 2. The summed E-state index contributed by atoms with van der Waals surface area (Å²) in [5, 5.41) is 10.2. The van der Waals surface area contributed by atoms with E-state index < -0.39 is 18.1 Å². The number of aliphatic hydroxyl groups is 1. The molecule has 6 nitrogen and oxygen atoms in total. The third kappa shape index (κ3) is 3.09. The zero-order chi connectivity index (χ0) is 17.1. The fourth-order valence-corrected chi connectivity index (χ4v) is 3.52. The first kappa shape index (κ1) is 16.4. The Hall–Kier alpha value is -2.50. The van der Waals surface area contributed by atoms with Crippen molar-refractivity contribution < 1.29 is 24.2 Å². The van der Waals surface area contributed by atoms with Crippen molar-refractivity contribution in [3.05, 3.63) is 47.2 Å². The summed E-state index contributed by atoms with van der Waals surface area (Å²) in [5.74, 6) is -0.553. The van der Waals surface area contributed by atoms with Crippen molar-refractivity contribution in [1.29, 1.82) is 0 Å². The van der Waals surface area contributed by atoms with Crippen LogP contribution in [0.5, 0.6) is 0 Å². The molecular formula is C18H21NO5. The van der Waals surface area contributed by atoms with Gasteiger partial charge in [0.15, 0.2) is 0 Å². The molecule has 2 bridgehead atoms. The fraction of sp³-hybridized carbons (Fsp3) is 0.444. The highest BCUT2D eigenvalue weighted by Gasteiger charge is 2.45. The Morgan fingerprint density at radius 3 is 2.71 bits per heavy atom. The Morgan fingerprint density at radius 1 is 1.25 bits per heavy atom. The minimum Gasteiger partial charge on any atom is -0.512 e. The molecule has 1 saturated heterocycles. The molecule has 128 valence electrons. The van der Waals surface area contributed by atoms with Crippen molar-refractivity contribution in [2.24, 2.45) is 0 Å². The van der Waals surface area contributed by atoms with Gasteiger partial charge in [-0.25, -0.2) is 9.59 Å². The van der Waals surface area contributed by atoms with E-state index in [1.54, 1.807) is 4.90 Å². The van der Waals surface area contributed by atoms with E-state index >= 15 is 0 Å². The number of aliphatic hydroxyl groups excluding tert-OH is 1. The highest BCUT2D eigenvalue weighted by atomic mass is 16.6.